The minimum atomic E-state index is -0.450. The molecule has 0 spiro atoms. The zero-order valence-corrected chi connectivity index (χ0v) is 15.5. The van der Waals surface area contributed by atoms with E-state index >= 15 is 0 Å². The monoisotopic (exact) mass is 368 g/mol. The van der Waals surface area contributed by atoms with Crippen molar-refractivity contribution in [3.8, 4) is 6.07 Å². The molecule has 1 N–H and O–H groups in total. The highest BCUT2D eigenvalue weighted by atomic mass is 35.5. The Hall–Kier alpha value is -2.41. The summed E-state index contributed by atoms with van der Waals surface area (Å²) in [6.07, 6.45) is 1.76. The van der Waals surface area contributed by atoms with E-state index in [0.717, 1.165) is 24.9 Å². The van der Waals surface area contributed by atoms with Crippen LogP contribution in [-0.4, -0.2) is 6.54 Å². The van der Waals surface area contributed by atoms with Crippen LogP contribution >= 0.6 is 12.4 Å². The predicted octanol–water partition coefficient (Wildman–Crippen LogP) is 5.56. The van der Waals surface area contributed by atoms with Crippen LogP contribution in [0.25, 0.3) is 10.8 Å². The van der Waals surface area contributed by atoms with Crippen LogP contribution in [0.15, 0.2) is 60.7 Å². The molecule has 0 heterocycles. The van der Waals surface area contributed by atoms with Crippen LogP contribution in [0, 0.1) is 17.1 Å². The normalized spacial score (nSPS) is 11.6. The molecule has 134 valence electrons. The molecule has 0 aromatic heterocycles. The number of hydrogen-bond acceptors (Lipinski definition) is 2. The third kappa shape index (κ3) is 4.60. The Labute approximate surface area is 160 Å². The molecule has 0 aliphatic rings. The van der Waals surface area contributed by atoms with Gasteiger partial charge in [0, 0.05) is 6.04 Å². The Morgan fingerprint density at radius 3 is 2.65 bits per heavy atom. The zero-order chi connectivity index (χ0) is 17.6. The van der Waals surface area contributed by atoms with Crippen molar-refractivity contribution in [3.63, 3.8) is 0 Å². The molecule has 0 bridgehead atoms. The lowest BCUT2D eigenvalue weighted by Crippen LogP contribution is -2.20. The lowest BCUT2D eigenvalue weighted by molar-refractivity contribution is 0.560. The van der Waals surface area contributed by atoms with Gasteiger partial charge in [0.05, 0.1) is 5.56 Å². The van der Waals surface area contributed by atoms with Gasteiger partial charge in [0.25, 0.3) is 0 Å². The highest BCUT2D eigenvalue weighted by molar-refractivity contribution is 5.86. The van der Waals surface area contributed by atoms with E-state index in [1.807, 2.05) is 6.07 Å². The van der Waals surface area contributed by atoms with E-state index in [0.29, 0.717) is 0 Å². The molecule has 0 radical (unpaired) electrons. The van der Waals surface area contributed by atoms with Crippen LogP contribution in [0.5, 0.6) is 0 Å². The highest BCUT2D eigenvalue weighted by Crippen LogP contribution is 2.24. The fraction of sp³-hybridized carbons (Fsp3) is 0.227. The van der Waals surface area contributed by atoms with Gasteiger partial charge in [-0.3, -0.25) is 0 Å². The molecule has 2 nitrogen and oxygen atoms in total. The van der Waals surface area contributed by atoms with E-state index in [1.54, 1.807) is 12.1 Å². The summed E-state index contributed by atoms with van der Waals surface area (Å²) in [6, 6.07) is 21.7. The molecule has 3 aromatic rings. The fourth-order valence-corrected chi connectivity index (χ4v) is 3.16. The van der Waals surface area contributed by atoms with Crippen molar-refractivity contribution in [1.82, 2.24) is 5.32 Å². The summed E-state index contributed by atoms with van der Waals surface area (Å²) in [5.74, 6) is -0.450. The third-order valence-electron chi connectivity index (χ3n) is 4.53. The molecular weight excluding hydrogens is 347 g/mol. The summed E-state index contributed by atoms with van der Waals surface area (Å²) >= 11 is 0. The Morgan fingerprint density at radius 2 is 1.85 bits per heavy atom. The van der Waals surface area contributed by atoms with Gasteiger partial charge < -0.3 is 5.32 Å². The van der Waals surface area contributed by atoms with Gasteiger partial charge >= 0.3 is 0 Å². The Balaban J connectivity index is 0.00000243. The number of nitrogens with zero attached hydrogens (tertiary/aromatic N) is 1. The van der Waals surface area contributed by atoms with E-state index in [9.17, 15) is 4.39 Å². The second-order valence-electron chi connectivity index (χ2n) is 6.27. The molecule has 3 aromatic carbocycles. The predicted molar refractivity (Wildman–Crippen MR) is 107 cm³/mol. The summed E-state index contributed by atoms with van der Waals surface area (Å²) in [7, 11) is 0. The molecule has 1 unspecified atom stereocenters. The maximum Gasteiger partial charge on any atom is 0.140 e. The van der Waals surface area contributed by atoms with E-state index in [4.69, 9.17) is 5.26 Å². The third-order valence-corrected chi connectivity index (χ3v) is 4.53. The summed E-state index contributed by atoms with van der Waals surface area (Å²) in [5.41, 5.74) is 2.42. The molecule has 4 heteroatoms. The summed E-state index contributed by atoms with van der Waals surface area (Å²) in [4.78, 5) is 0. The summed E-state index contributed by atoms with van der Waals surface area (Å²) in [5, 5.41) is 15.0. The lowest BCUT2D eigenvalue weighted by Gasteiger charge is -2.16. The maximum atomic E-state index is 13.3. The zero-order valence-electron chi connectivity index (χ0n) is 14.7. The number of rotatable bonds is 6. The number of nitriles is 1. The second kappa shape index (κ2) is 9.33. The van der Waals surface area contributed by atoms with Crippen molar-refractivity contribution >= 4 is 23.2 Å². The molecule has 26 heavy (non-hydrogen) atoms. The molecule has 0 saturated heterocycles. The first kappa shape index (κ1) is 19.9. The van der Waals surface area contributed by atoms with E-state index in [-0.39, 0.29) is 24.0 Å². The van der Waals surface area contributed by atoms with Crippen molar-refractivity contribution < 1.29 is 4.39 Å². The van der Waals surface area contributed by atoms with Gasteiger partial charge in [-0.05, 0) is 60.3 Å². The smallest absolute Gasteiger partial charge is 0.140 e. The summed E-state index contributed by atoms with van der Waals surface area (Å²) in [6.45, 7) is 3.04. The van der Waals surface area contributed by atoms with Crippen LogP contribution < -0.4 is 5.32 Å². The Morgan fingerprint density at radius 1 is 1.08 bits per heavy atom. The Bertz CT molecular complexity index is 912. The number of hydrogen-bond donors (Lipinski definition) is 1. The van der Waals surface area contributed by atoms with Crippen LogP contribution in [0.1, 0.15) is 36.1 Å². The Kier molecular flexibility index (Phi) is 7.15. The minimum Gasteiger partial charge on any atom is -0.310 e. The SMILES string of the molecule is CC(NCCCc1ccc(F)c(C#N)c1)c1cccc2ccccc12.Cl. The summed E-state index contributed by atoms with van der Waals surface area (Å²) < 4.78 is 13.3. The molecule has 0 aliphatic carbocycles. The maximum absolute atomic E-state index is 13.3. The topological polar surface area (TPSA) is 35.8 Å². The van der Waals surface area contributed by atoms with Crippen molar-refractivity contribution in [3.05, 3.63) is 83.2 Å². The van der Waals surface area contributed by atoms with Crippen LogP contribution in [0.2, 0.25) is 0 Å². The second-order valence-corrected chi connectivity index (χ2v) is 6.27. The van der Waals surface area contributed by atoms with Crippen molar-refractivity contribution in [2.75, 3.05) is 6.54 Å². The lowest BCUT2D eigenvalue weighted by atomic mass is 9.99. The number of benzene rings is 3. The van der Waals surface area contributed by atoms with Gasteiger partial charge in [-0.2, -0.15) is 5.26 Å². The average Bonchev–Trinajstić information content (AvgIpc) is 2.65. The highest BCUT2D eigenvalue weighted by Gasteiger charge is 2.08. The molecule has 0 aliphatic heterocycles. The van der Waals surface area contributed by atoms with Gasteiger partial charge in [0.15, 0.2) is 0 Å². The van der Waals surface area contributed by atoms with Crippen molar-refractivity contribution in [2.24, 2.45) is 0 Å². The number of fused-ring (bicyclic) bond motifs is 1. The van der Waals surface area contributed by atoms with Crippen LogP contribution in [-0.2, 0) is 6.42 Å². The van der Waals surface area contributed by atoms with Gasteiger partial charge in [0.2, 0.25) is 0 Å². The van der Waals surface area contributed by atoms with E-state index in [1.165, 1.54) is 22.4 Å². The molecule has 1 atom stereocenters. The molecule has 0 saturated carbocycles. The standard InChI is InChI=1S/C22H21FN2.ClH/c1-16(20-10-4-8-18-7-2-3-9-21(18)20)25-13-5-6-17-11-12-22(23)19(14-17)15-24;/h2-4,7-12,14,16,25H,5-6,13H2,1H3;1H. The number of nitrogens with one attached hydrogen (secondary N) is 1. The van der Waals surface area contributed by atoms with Gasteiger partial charge in [-0.1, -0.05) is 48.5 Å². The number of aryl methyl sites for hydroxylation is 1. The van der Waals surface area contributed by atoms with Crippen LogP contribution in [0.4, 0.5) is 4.39 Å². The first-order valence-corrected chi connectivity index (χ1v) is 8.58. The molecule has 0 amide bonds. The van der Waals surface area contributed by atoms with E-state index < -0.39 is 5.82 Å². The largest absolute Gasteiger partial charge is 0.310 e. The van der Waals surface area contributed by atoms with Crippen LogP contribution in [0.3, 0.4) is 0 Å². The first-order valence-electron chi connectivity index (χ1n) is 8.58. The molecule has 3 rings (SSSR count). The van der Waals surface area contributed by atoms with Gasteiger partial charge in [0.1, 0.15) is 11.9 Å². The molecular formula is C22H22ClFN2. The van der Waals surface area contributed by atoms with Gasteiger partial charge in [-0.25, -0.2) is 4.39 Å². The fourth-order valence-electron chi connectivity index (χ4n) is 3.16. The first-order chi connectivity index (χ1) is 12.2. The van der Waals surface area contributed by atoms with Crippen molar-refractivity contribution in [2.45, 2.75) is 25.8 Å². The average molecular weight is 369 g/mol. The quantitative estimate of drug-likeness (QED) is 0.578. The minimum absolute atomic E-state index is 0. The van der Waals surface area contributed by atoms with Gasteiger partial charge in [-0.15, -0.1) is 12.4 Å². The molecule has 0 fully saturated rings. The van der Waals surface area contributed by atoms with Crippen molar-refractivity contribution in [1.29, 1.82) is 5.26 Å². The number of halogens is 2. The van der Waals surface area contributed by atoms with E-state index in [2.05, 4.69) is 54.7 Å².